The van der Waals surface area contributed by atoms with E-state index < -0.39 is 0 Å². The molecule has 0 aliphatic rings. The van der Waals surface area contributed by atoms with Crippen LogP contribution in [0.5, 0.6) is 0 Å². The number of anilines is 1. The maximum atomic E-state index is 12.3. The van der Waals surface area contributed by atoms with Crippen LogP contribution in [0.25, 0.3) is 20.8 Å². The van der Waals surface area contributed by atoms with Crippen molar-refractivity contribution in [2.45, 2.75) is 18.2 Å². The number of benzene rings is 3. The van der Waals surface area contributed by atoms with Gasteiger partial charge in [-0.3, -0.25) is 4.79 Å². The van der Waals surface area contributed by atoms with Crippen LogP contribution in [0, 0.1) is 6.92 Å². The molecule has 3 aromatic carbocycles. The van der Waals surface area contributed by atoms with Gasteiger partial charge in [-0.25, -0.2) is 4.98 Å². The Bertz CT molecular complexity index is 1070. The number of amides is 1. The zero-order valence-electron chi connectivity index (χ0n) is 15.5. The van der Waals surface area contributed by atoms with Gasteiger partial charge < -0.3 is 5.32 Å². The van der Waals surface area contributed by atoms with E-state index in [4.69, 9.17) is 4.98 Å². The molecule has 0 bridgehead atoms. The van der Waals surface area contributed by atoms with Gasteiger partial charge in [-0.15, -0.1) is 23.1 Å². The lowest BCUT2D eigenvalue weighted by Gasteiger charge is -2.07. The molecule has 0 saturated heterocycles. The number of thioether (sulfide) groups is 1. The van der Waals surface area contributed by atoms with E-state index in [0.717, 1.165) is 27.5 Å². The summed E-state index contributed by atoms with van der Waals surface area (Å²) >= 11 is 3.36. The number of fused-ring (bicyclic) bond motifs is 1. The third-order valence-corrected chi connectivity index (χ3v) is 6.41. The minimum Gasteiger partial charge on any atom is -0.326 e. The van der Waals surface area contributed by atoms with Gasteiger partial charge in [0.05, 0.1) is 10.2 Å². The van der Waals surface area contributed by atoms with E-state index in [0.29, 0.717) is 6.42 Å². The minimum absolute atomic E-state index is 0.0288. The highest BCUT2D eigenvalue weighted by atomic mass is 32.2. The Hall–Kier alpha value is -2.63. The van der Waals surface area contributed by atoms with Crippen LogP contribution >= 0.6 is 23.1 Å². The molecule has 4 rings (SSSR count). The van der Waals surface area contributed by atoms with Gasteiger partial charge in [0.2, 0.25) is 5.91 Å². The first-order chi connectivity index (χ1) is 13.7. The molecule has 0 spiro atoms. The van der Waals surface area contributed by atoms with E-state index in [1.165, 1.54) is 15.2 Å². The van der Waals surface area contributed by atoms with Crippen molar-refractivity contribution in [1.82, 2.24) is 4.98 Å². The highest BCUT2D eigenvalue weighted by Gasteiger charge is 2.08. The molecule has 1 aromatic heterocycles. The van der Waals surface area contributed by atoms with Crippen LogP contribution < -0.4 is 5.32 Å². The molecule has 0 radical (unpaired) electrons. The van der Waals surface area contributed by atoms with Gasteiger partial charge in [-0.05, 0) is 43.3 Å². The molecule has 5 heteroatoms. The second-order valence-electron chi connectivity index (χ2n) is 6.53. The van der Waals surface area contributed by atoms with Crippen LogP contribution in [-0.4, -0.2) is 16.6 Å². The zero-order chi connectivity index (χ0) is 19.3. The highest BCUT2D eigenvalue weighted by Crippen LogP contribution is 2.31. The third kappa shape index (κ3) is 4.61. The maximum Gasteiger partial charge on any atom is 0.225 e. The van der Waals surface area contributed by atoms with Crippen LogP contribution in [0.3, 0.4) is 0 Å². The molecule has 1 heterocycles. The lowest BCUT2D eigenvalue weighted by atomic mass is 10.2. The number of nitrogens with one attached hydrogen (secondary N) is 1. The summed E-state index contributed by atoms with van der Waals surface area (Å²) in [5, 5.41) is 3.97. The summed E-state index contributed by atoms with van der Waals surface area (Å²) in [5.74, 6) is 0.785. The van der Waals surface area contributed by atoms with Gasteiger partial charge in [0.1, 0.15) is 5.01 Å². The number of aromatic nitrogens is 1. The topological polar surface area (TPSA) is 42.0 Å². The van der Waals surface area contributed by atoms with Crippen molar-refractivity contribution in [2.75, 3.05) is 11.1 Å². The Labute approximate surface area is 172 Å². The summed E-state index contributed by atoms with van der Waals surface area (Å²) in [4.78, 5) is 18.2. The van der Waals surface area contributed by atoms with Gasteiger partial charge >= 0.3 is 0 Å². The largest absolute Gasteiger partial charge is 0.326 e. The predicted octanol–water partition coefficient (Wildman–Crippen LogP) is 6.39. The first-order valence-electron chi connectivity index (χ1n) is 9.13. The average molecular weight is 405 g/mol. The molecule has 0 fully saturated rings. The third-order valence-electron chi connectivity index (χ3n) is 4.31. The number of hydrogen-bond acceptors (Lipinski definition) is 4. The van der Waals surface area contributed by atoms with Gasteiger partial charge in [0.25, 0.3) is 0 Å². The van der Waals surface area contributed by atoms with Gasteiger partial charge in [-0.2, -0.15) is 0 Å². The molecular weight excluding hydrogens is 384 g/mol. The van der Waals surface area contributed by atoms with Crippen molar-refractivity contribution in [3.05, 3.63) is 78.4 Å². The SMILES string of the molecule is Cc1ccc(SCCC(=O)Nc2cccc(-c3nc4ccccc4s3)c2)cc1. The van der Waals surface area contributed by atoms with Crippen molar-refractivity contribution < 1.29 is 4.79 Å². The van der Waals surface area contributed by atoms with Crippen LogP contribution in [-0.2, 0) is 4.79 Å². The van der Waals surface area contributed by atoms with Crippen LogP contribution in [0.1, 0.15) is 12.0 Å². The number of aryl methyl sites for hydroxylation is 1. The van der Waals surface area contributed by atoms with E-state index in [2.05, 4.69) is 42.6 Å². The summed E-state index contributed by atoms with van der Waals surface area (Å²) < 4.78 is 1.17. The number of rotatable bonds is 6. The van der Waals surface area contributed by atoms with E-state index in [1.54, 1.807) is 23.1 Å². The van der Waals surface area contributed by atoms with Gasteiger partial charge in [0, 0.05) is 28.3 Å². The summed E-state index contributed by atoms with van der Waals surface area (Å²) in [7, 11) is 0. The van der Waals surface area contributed by atoms with Crippen molar-refractivity contribution in [3.63, 3.8) is 0 Å². The number of nitrogens with zero attached hydrogens (tertiary/aromatic N) is 1. The Balaban J connectivity index is 1.37. The molecule has 1 amide bonds. The summed E-state index contributed by atoms with van der Waals surface area (Å²) in [5.41, 5.74) is 4.08. The quantitative estimate of drug-likeness (QED) is 0.378. The molecule has 0 saturated carbocycles. The zero-order valence-corrected chi connectivity index (χ0v) is 17.1. The van der Waals surface area contributed by atoms with E-state index in [9.17, 15) is 4.79 Å². The number of carbonyl (C=O) groups excluding carboxylic acids is 1. The maximum absolute atomic E-state index is 12.3. The average Bonchev–Trinajstić information content (AvgIpc) is 3.14. The lowest BCUT2D eigenvalue weighted by molar-refractivity contribution is -0.115. The first-order valence-corrected chi connectivity index (χ1v) is 10.9. The van der Waals surface area contributed by atoms with Gasteiger partial charge in [-0.1, -0.05) is 42.0 Å². The fourth-order valence-corrected chi connectivity index (χ4v) is 4.66. The fourth-order valence-electron chi connectivity index (χ4n) is 2.85. The van der Waals surface area contributed by atoms with E-state index >= 15 is 0 Å². The van der Waals surface area contributed by atoms with E-state index in [-0.39, 0.29) is 5.91 Å². The van der Waals surface area contributed by atoms with Gasteiger partial charge in [0.15, 0.2) is 0 Å². The number of thiazole rings is 1. The molecule has 0 atom stereocenters. The Morgan fingerprint density at radius 2 is 1.86 bits per heavy atom. The fraction of sp³-hybridized carbons (Fsp3) is 0.130. The first kappa shape index (κ1) is 18.7. The molecular formula is C23H20N2OS2. The lowest BCUT2D eigenvalue weighted by Crippen LogP contribution is -2.12. The second kappa shape index (κ2) is 8.59. The van der Waals surface area contributed by atoms with Crippen molar-refractivity contribution in [3.8, 4) is 10.6 Å². The van der Waals surface area contributed by atoms with Crippen LogP contribution in [0.2, 0.25) is 0 Å². The van der Waals surface area contributed by atoms with Crippen molar-refractivity contribution in [2.24, 2.45) is 0 Å². The van der Waals surface area contributed by atoms with Crippen LogP contribution in [0.4, 0.5) is 5.69 Å². The smallest absolute Gasteiger partial charge is 0.225 e. The Kier molecular flexibility index (Phi) is 5.74. The standard InChI is InChI=1S/C23H20N2OS2/c1-16-9-11-19(12-10-16)27-14-13-22(26)24-18-6-4-5-17(15-18)23-25-20-7-2-3-8-21(20)28-23/h2-12,15H,13-14H2,1H3,(H,24,26). The van der Waals surface area contributed by atoms with Crippen molar-refractivity contribution >= 4 is 44.9 Å². The molecule has 4 aromatic rings. The molecule has 0 aliphatic heterocycles. The van der Waals surface area contributed by atoms with Crippen LogP contribution in [0.15, 0.2) is 77.7 Å². The molecule has 0 unspecified atom stereocenters. The number of hydrogen-bond donors (Lipinski definition) is 1. The summed E-state index contributed by atoms with van der Waals surface area (Å²) in [6, 6.07) is 24.4. The summed E-state index contributed by atoms with van der Waals surface area (Å²) in [6.07, 6.45) is 0.476. The van der Waals surface area contributed by atoms with Crippen molar-refractivity contribution in [1.29, 1.82) is 0 Å². The Morgan fingerprint density at radius 1 is 1.04 bits per heavy atom. The monoisotopic (exact) mass is 404 g/mol. The Morgan fingerprint density at radius 3 is 2.68 bits per heavy atom. The van der Waals surface area contributed by atoms with E-state index in [1.807, 2.05) is 42.5 Å². The molecule has 0 aliphatic carbocycles. The minimum atomic E-state index is 0.0288. The molecule has 3 nitrogen and oxygen atoms in total. The number of para-hydroxylation sites is 1. The second-order valence-corrected chi connectivity index (χ2v) is 8.73. The molecule has 1 N–H and O–H groups in total. The summed E-state index contributed by atoms with van der Waals surface area (Å²) in [6.45, 7) is 2.07. The normalized spacial score (nSPS) is 10.9. The molecule has 140 valence electrons. The highest BCUT2D eigenvalue weighted by molar-refractivity contribution is 7.99. The molecule has 28 heavy (non-hydrogen) atoms. The predicted molar refractivity (Wildman–Crippen MR) is 120 cm³/mol. The number of carbonyl (C=O) groups is 1.